The highest BCUT2D eigenvalue weighted by Crippen LogP contribution is 2.36. The summed E-state index contributed by atoms with van der Waals surface area (Å²) in [5.74, 6) is 6.50. The largest absolute Gasteiger partial charge is 0.335 e. The maximum atomic E-state index is 12.8. The first kappa shape index (κ1) is 14.6. The summed E-state index contributed by atoms with van der Waals surface area (Å²) in [4.78, 5) is 18.9. The van der Waals surface area contributed by atoms with Crippen LogP contribution in [-0.2, 0) is 0 Å². The first-order chi connectivity index (χ1) is 10.2. The highest BCUT2D eigenvalue weighted by molar-refractivity contribution is 6.29. The molecule has 21 heavy (non-hydrogen) atoms. The molecule has 2 aliphatic rings. The monoisotopic (exact) mass is 308 g/mol. The molecule has 1 unspecified atom stereocenters. The van der Waals surface area contributed by atoms with Crippen LogP contribution in [0.3, 0.4) is 0 Å². The Labute approximate surface area is 129 Å². The van der Waals surface area contributed by atoms with Gasteiger partial charge in [-0.2, -0.15) is 0 Å². The van der Waals surface area contributed by atoms with Crippen LogP contribution in [0.15, 0.2) is 12.1 Å². The normalized spacial score (nSPS) is 22.8. The van der Waals surface area contributed by atoms with E-state index in [2.05, 4.69) is 10.4 Å². The zero-order valence-electron chi connectivity index (χ0n) is 12.0. The lowest BCUT2D eigenvalue weighted by molar-refractivity contribution is 0.0689. The van der Waals surface area contributed by atoms with Gasteiger partial charge in [-0.05, 0) is 43.7 Å². The van der Waals surface area contributed by atoms with Crippen molar-refractivity contribution in [3.05, 3.63) is 22.8 Å². The molecule has 0 spiro atoms. The molecule has 1 amide bonds. The van der Waals surface area contributed by atoms with Crippen molar-refractivity contribution < 1.29 is 4.79 Å². The van der Waals surface area contributed by atoms with Gasteiger partial charge >= 0.3 is 0 Å². The van der Waals surface area contributed by atoms with Crippen LogP contribution >= 0.6 is 11.6 Å². The SMILES string of the molecule is NNc1cc(C(=O)N2CCCC2C2CCCC2)cc(Cl)n1. The molecule has 1 aromatic heterocycles. The molecule has 6 heteroatoms. The number of nitrogen functional groups attached to an aromatic ring is 1. The molecule has 114 valence electrons. The molecule has 0 radical (unpaired) electrons. The van der Waals surface area contributed by atoms with Crippen LogP contribution in [0.5, 0.6) is 0 Å². The van der Waals surface area contributed by atoms with Crippen molar-refractivity contribution in [2.45, 2.75) is 44.6 Å². The van der Waals surface area contributed by atoms with E-state index >= 15 is 0 Å². The Morgan fingerprint density at radius 2 is 2.05 bits per heavy atom. The molecule has 1 aliphatic heterocycles. The summed E-state index contributed by atoms with van der Waals surface area (Å²) < 4.78 is 0. The van der Waals surface area contributed by atoms with E-state index in [1.54, 1.807) is 12.1 Å². The van der Waals surface area contributed by atoms with Crippen LogP contribution in [0.1, 0.15) is 48.9 Å². The molecule has 3 N–H and O–H groups in total. The van der Waals surface area contributed by atoms with Gasteiger partial charge in [-0.3, -0.25) is 4.79 Å². The molecule has 1 aliphatic carbocycles. The molecule has 2 heterocycles. The number of anilines is 1. The second-order valence-corrected chi connectivity index (χ2v) is 6.35. The fourth-order valence-electron chi connectivity index (χ4n) is 3.74. The lowest BCUT2D eigenvalue weighted by Gasteiger charge is -2.29. The Hall–Kier alpha value is -1.33. The molecular formula is C15H21ClN4O. The topological polar surface area (TPSA) is 71.2 Å². The van der Waals surface area contributed by atoms with E-state index in [1.807, 2.05) is 4.90 Å². The van der Waals surface area contributed by atoms with Gasteiger partial charge in [0.15, 0.2) is 0 Å². The number of aromatic nitrogens is 1. The van der Waals surface area contributed by atoms with Crippen molar-refractivity contribution in [2.75, 3.05) is 12.0 Å². The third-order valence-corrected chi connectivity index (χ3v) is 4.89. The molecule has 1 saturated heterocycles. The minimum absolute atomic E-state index is 0.0465. The van der Waals surface area contributed by atoms with Gasteiger partial charge in [-0.15, -0.1) is 0 Å². The quantitative estimate of drug-likeness (QED) is 0.512. The summed E-state index contributed by atoms with van der Waals surface area (Å²) >= 11 is 5.97. The number of hydrogen-bond acceptors (Lipinski definition) is 4. The molecule has 1 aromatic rings. The highest BCUT2D eigenvalue weighted by atomic mass is 35.5. The molecule has 0 aromatic carbocycles. The van der Waals surface area contributed by atoms with E-state index in [4.69, 9.17) is 17.4 Å². The van der Waals surface area contributed by atoms with Crippen LogP contribution in [0.4, 0.5) is 5.82 Å². The first-order valence-corrected chi connectivity index (χ1v) is 8.02. The number of nitrogens with two attached hydrogens (primary N) is 1. The number of rotatable bonds is 3. The van der Waals surface area contributed by atoms with Crippen LogP contribution in [0.2, 0.25) is 5.15 Å². The smallest absolute Gasteiger partial charge is 0.254 e. The van der Waals surface area contributed by atoms with Crippen molar-refractivity contribution in [3.8, 4) is 0 Å². The summed E-state index contributed by atoms with van der Waals surface area (Å²) in [6, 6.07) is 3.67. The van der Waals surface area contributed by atoms with Gasteiger partial charge in [0.25, 0.3) is 5.91 Å². The molecule has 1 saturated carbocycles. The van der Waals surface area contributed by atoms with Crippen molar-refractivity contribution in [1.29, 1.82) is 0 Å². The predicted molar refractivity (Wildman–Crippen MR) is 83.1 cm³/mol. The number of likely N-dealkylation sites (tertiary alicyclic amines) is 1. The van der Waals surface area contributed by atoms with Crippen molar-refractivity contribution in [3.63, 3.8) is 0 Å². The van der Waals surface area contributed by atoms with Crippen LogP contribution in [0.25, 0.3) is 0 Å². The Balaban J connectivity index is 1.81. The maximum absolute atomic E-state index is 12.8. The molecule has 2 fully saturated rings. The van der Waals surface area contributed by atoms with Gasteiger partial charge in [-0.1, -0.05) is 24.4 Å². The number of amides is 1. The van der Waals surface area contributed by atoms with Crippen molar-refractivity contribution in [2.24, 2.45) is 11.8 Å². The molecule has 3 rings (SSSR count). The second kappa shape index (κ2) is 6.20. The minimum atomic E-state index is 0.0465. The Morgan fingerprint density at radius 1 is 1.29 bits per heavy atom. The number of hydrogen-bond donors (Lipinski definition) is 2. The Kier molecular flexibility index (Phi) is 4.31. The molecule has 5 nitrogen and oxygen atoms in total. The van der Waals surface area contributed by atoms with Crippen molar-refractivity contribution in [1.82, 2.24) is 9.88 Å². The number of halogens is 1. The lowest BCUT2D eigenvalue weighted by Crippen LogP contribution is -2.39. The van der Waals surface area contributed by atoms with Crippen LogP contribution < -0.4 is 11.3 Å². The maximum Gasteiger partial charge on any atom is 0.254 e. The van der Waals surface area contributed by atoms with E-state index in [1.165, 1.54) is 25.7 Å². The summed E-state index contributed by atoms with van der Waals surface area (Å²) in [7, 11) is 0. The zero-order chi connectivity index (χ0) is 14.8. The summed E-state index contributed by atoms with van der Waals surface area (Å²) in [6.45, 7) is 0.839. The number of nitrogens with one attached hydrogen (secondary N) is 1. The van der Waals surface area contributed by atoms with Gasteiger partial charge in [0.2, 0.25) is 0 Å². The predicted octanol–water partition coefficient (Wildman–Crippen LogP) is 2.82. The van der Waals surface area contributed by atoms with Gasteiger partial charge in [0, 0.05) is 18.2 Å². The van der Waals surface area contributed by atoms with E-state index in [0.717, 1.165) is 19.4 Å². The standard InChI is InChI=1S/C15H21ClN4O/c16-13-8-11(9-14(18-13)19-17)15(21)20-7-3-6-12(20)10-4-1-2-5-10/h8-10,12H,1-7,17H2,(H,18,19). The number of nitrogens with zero attached hydrogens (tertiary/aromatic N) is 2. The van der Waals surface area contributed by atoms with Gasteiger partial charge < -0.3 is 10.3 Å². The Bertz CT molecular complexity index is 530. The van der Waals surface area contributed by atoms with E-state index in [-0.39, 0.29) is 11.1 Å². The first-order valence-electron chi connectivity index (χ1n) is 7.64. The number of carbonyl (C=O) groups is 1. The average Bonchev–Trinajstić information content (AvgIpc) is 3.16. The number of hydrazine groups is 1. The zero-order valence-corrected chi connectivity index (χ0v) is 12.8. The van der Waals surface area contributed by atoms with Gasteiger partial charge in [0.1, 0.15) is 11.0 Å². The summed E-state index contributed by atoms with van der Waals surface area (Å²) in [5.41, 5.74) is 3.02. The Morgan fingerprint density at radius 3 is 2.76 bits per heavy atom. The summed E-state index contributed by atoms with van der Waals surface area (Å²) in [6.07, 6.45) is 7.31. The van der Waals surface area contributed by atoms with Crippen molar-refractivity contribution >= 4 is 23.3 Å². The fraction of sp³-hybridized carbons (Fsp3) is 0.600. The van der Waals surface area contributed by atoms with E-state index in [0.29, 0.717) is 23.3 Å². The molecule has 0 bridgehead atoms. The third-order valence-electron chi connectivity index (χ3n) is 4.69. The van der Waals surface area contributed by atoms with E-state index in [9.17, 15) is 4.79 Å². The third kappa shape index (κ3) is 2.99. The molecule has 1 atom stereocenters. The minimum Gasteiger partial charge on any atom is -0.335 e. The van der Waals surface area contributed by atoms with Crippen LogP contribution in [-0.4, -0.2) is 28.4 Å². The second-order valence-electron chi connectivity index (χ2n) is 5.96. The fourth-order valence-corrected chi connectivity index (χ4v) is 3.95. The molecular weight excluding hydrogens is 288 g/mol. The number of pyridine rings is 1. The van der Waals surface area contributed by atoms with E-state index < -0.39 is 0 Å². The van der Waals surface area contributed by atoms with Gasteiger partial charge in [-0.25, -0.2) is 10.8 Å². The highest BCUT2D eigenvalue weighted by Gasteiger charge is 2.36. The summed E-state index contributed by atoms with van der Waals surface area (Å²) in [5, 5.41) is 0.283. The number of carbonyl (C=O) groups excluding carboxylic acids is 1. The van der Waals surface area contributed by atoms with Crippen LogP contribution in [0, 0.1) is 5.92 Å². The lowest BCUT2D eigenvalue weighted by atomic mass is 9.95. The average molecular weight is 309 g/mol. The van der Waals surface area contributed by atoms with Gasteiger partial charge in [0.05, 0.1) is 0 Å².